The Kier molecular flexibility index (Phi) is 4.09. The van der Waals surface area contributed by atoms with E-state index in [4.69, 9.17) is 20.8 Å². The van der Waals surface area contributed by atoms with Crippen LogP contribution in [0.3, 0.4) is 0 Å². The minimum absolute atomic E-state index is 0.120. The van der Waals surface area contributed by atoms with Gasteiger partial charge in [-0.05, 0) is 24.3 Å². The van der Waals surface area contributed by atoms with Crippen molar-refractivity contribution in [1.29, 1.82) is 0 Å². The van der Waals surface area contributed by atoms with Gasteiger partial charge in [0.1, 0.15) is 17.6 Å². The Balaban J connectivity index is 1.92. The summed E-state index contributed by atoms with van der Waals surface area (Å²) in [6.07, 6.45) is 1.26. The van der Waals surface area contributed by atoms with Crippen LogP contribution in [0.25, 0.3) is 11.0 Å². The number of hydrogen-bond donors (Lipinski definition) is 1. The van der Waals surface area contributed by atoms with Gasteiger partial charge in [-0.1, -0.05) is 11.6 Å². The van der Waals surface area contributed by atoms with Gasteiger partial charge in [0.25, 0.3) is 11.6 Å². The molecule has 122 valence electrons. The van der Waals surface area contributed by atoms with E-state index in [1.807, 2.05) is 0 Å². The molecule has 0 aliphatic heterocycles. The Labute approximate surface area is 140 Å². The van der Waals surface area contributed by atoms with Gasteiger partial charge in [-0.25, -0.2) is 0 Å². The zero-order valence-corrected chi connectivity index (χ0v) is 13.2. The lowest BCUT2D eigenvalue weighted by molar-refractivity contribution is -0.384. The van der Waals surface area contributed by atoms with E-state index in [0.717, 1.165) is 0 Å². The summed E-state index contributed by atoms with van der Waals surface area (Å²) in [6.45, 7) is 0. The van der Waals surface area contributed by atoms with E-state index in [9.17, 15) is 14.9 Å². The number of nitro benzene ring substituents is 1. The highest BCUT2D eigenvalue weighted by atomic mass is 35.5. The number of benzene rings is 2. The molecule has 0 bridgehead atoms. The molecule has 2 aromatic carbocycles. The summed E-state index contributed by atoms with van der Waals surface area (Å²) in [7, 11) is 1.49. The van der Waals surface area contributed by atoms with Crippen molar-refractivity contribution < 1.29 is 18.9 Å². The third-order valence-corrected chi connectivity index (χ3v) is 3.72. The number of rotatable bonds is 4. The minimum Gasteiger partial charge on any atom is -0.495 e. The fourth-order valence-corrected chi connectivity index (χ4v) is 2.51. The molecule has 0 atom stereocenters. The molecule has 0 fully saturated rings. The maximum absolute atomic E-state index is 12.4. The third kappa shape index (κ3) is 2.89. The Morgan fingerprint density at radius 1 is 1.29 bits per heavy atom. The van der Waals surface area contributed by atoms with E-state index in [1.165, 1.54) is 31.6 Å². The van der Waals surface area contributed by atoms with E-state index in [-0.39, 0.29) is 11.3 Å². The highest BCUT2D eigenvalue weighted by Gasteiger charge is 2.17. The molecule has 0 aliphatic carbocycles. The van der Waals surface area contributed by atoms with Gasteiger partial charge in [-0.3, -0.25) is 14.9 Å². The van der Waals surface area contributed by atoms with Crippen LogP contribution in [-0.2, 0) is 0 Å². The number of carbonyl (C=O) groups is 1. The van der Waals surface area contributed by atoms with Crippen molar-refractivity contribution in [3.05, 3.63) is 63.4 Å². The highest BCUT2D eigenvalue weighted by molar-refractivity contribution is 6.32. The second kappa shape index (κ2) is 6.21. The molecule has 1 aromatic heterocycles. The number of fused-ring (bicyclic) bond motifs is 1. The molecular formula is C16H11ClN2O5. The van der Waals surface area contributed by atoms with Gasteiger partial charge in [0.05, 0.1) is 22.6 Å². The number of ether oxygens (including phenoxy) is 1. The first-order chi connectivity index (χ1) is 11.5. The topological polar surface area (TPSA) is 94.6 Å². The minimum atomic E-state index is -0.530. The van der Waals surface area contributed by atoms with Crippen LogP contribution in [0, 0.1) is 10.1 Å². The third-order valence-electron chi connectivity index (χ3n) is 3.42. The van der Waals surface area contributed by atoms with Crippen molar-refractivity contribution in [1.82, 2.24) is 0 Å². The van der Waals surface area contributed by atoms with E-state index in [0.29, 0.717) is 27.4 Å². The number of non-ortho nitro benzene ring substituents is 1. The number of furan rings is 1. The number of methoxy groups -OCH3 is 1. The number of carbonyl (C=O) groups excluding carboxylic acids is 1. The van der Waals surface area contributed by atoms with E-state index >= 15 is 0 Å². The molecule has 3 aromatic rings. The number of anilines is 1. The van der Waals surface area contributed by atoms with Crippen LogP contribution >= 0.6 is 11.6 Å². The van der Waals surface area contributed by atoms with E-state index in [1.54, 1.807) is 18.2 Å². The highest BCUT2D eigenvalue weighted by Crippen LogP contribution is 2.29. The first-order valence-corrected chi connectivity index (χ1v) is 7.18. The summed E-state index contributed by atoms with van der Waals surface area (Å²) in [5.74, 6) is 0.0227. The van der Waals surface area contributed by atoms with Crippen molar-refractivity contribution in [3.8, 4) is 5.75 Å². The molecule has 0 saturated heterocycles. The lowest BCUT2D eigenvalue weighted by Crippen LogP contribution is -2.11. The summed E-state index contributed by atoms with van der Waals surface area (Å²) < 4.78 is 10.3. The first-order valence-electron chi connectivity index (χ1n) is 6.80. The summed E-state index contributed by atoms with van der Waals surface area (Å²) in [5, 5.41) is 14.3. The fourth-order valence-electron chi connectivity index (χ4n) is 2.25. The molecule has 0 radical (unpaired) electrons. The Morgan fingerprint density at radius 2 is 2.08 bits per heavy atom. The molecule has 8 heteroatoms. The van der Waals surface area contributed by atoms with Crippen LogP contribution in [-0.4, -0.2) is 17.9 Å². The van der Waals surface area contributed by atoms with Crippen molar-refractivity contribution in [2.24, 2.45) is 0 Å². The molecular weight excluding hydrogens is 336 g/mol. The second-order valence-electron chi connectivity index (χ2n) is 4.89. The predicted molar refractivity (Wildman–Crippen MR) is 88.8 cm³/mol. The van der Waals surface area contributed by atoms with Gasteiger partial charge in [-0.15, -0.1) is 0 Å². The van der Waals surface area contributed by atoms with Gasteiger partial charge in [0, 0.05) is 23.2 Å². The van der Waals surface area contributed by atoms with Gasteiger partial charge >= 0.3 is 0 Å². The second-order valence-corrected chi connectivity index (χ2v) is 5.30. The molecule has 1 heterocycles. The van der Waals surface area contributed by atoms with Crippen molar-refractivity contribution in [2.45, 2.75) is 0 Å². The number of halogens is 1. The summed E-state index contributed by atoms with van der Waals surface area (Å²) >= 11 is 6.02. The Bertz CT molecular complexity index is 951. The summed E-state index contributed by atoms with van der Waals surface area (Å²) in [4.78, 5) is 22.8. The number of amides is 1. The van der Waals surface area contributed by atoms with Crippen molar-refractivity contribution in [3.63, 3.8) is 0 Å². The molecule has 3 rings (SSSR count). The van der Waals surface area contributed by atoms with Crippen LogP contribution in [0.4, 0.5) is 11.4 Å². The van der Waals surface area contributed by atoms with Crippen LogP contribution in [0.5, 0.6) is 5.75 Å². The lowest BCUT2D eigenvalue weighted by Gasteiger charge is -2.07. The zero-order chi connectivity index (χ0) is 17.3. The number of nitrogens with one attached hydrogen (secondary N) is 1. The van der Waals surface area contributed by atoms with Gasteiger partial charge in [-0.2, -0.15) is 0 Å². The Morgan fingerprint density at radius 3 is 2.75 bits per heavy atom. The fraction of sp³-hybridized carbons (Fsp3) is 0.0625. The Hall–Kier alpha value is -3.06. The van der Waals surface area contributed by atoms with Crippen LogP contribution in [0.15, 0.2) is 47.1 Å². The zero-order valence-electron chi connectivity index (χ0n) is 12.4. The molecule has 7 nitrogen and oxygen atoms in total. The van der Waals surface area contributed by atoms with E-state index in [2.05, 4.69) is 5.32 Å². The van der Waals surface area contributed by atoms with Gasteiger partial charge in [0.15, 0.2) is 0 Å². The monoisotopic (exact) mass is 346 g/mol. The maximum Gasteiger partial charge on any atom is 0.270 e. The molecule has 1 N–H and O–H groups in total. The average molecular weight is 347 g/mol. The number of nitrogens with zero attached hydrogens (tertiary/aromatic N) is 1. The van der Waals surface area contributed by atoms with Gasteiger partial charge < -0.3 is 14.5 Å². The average Bonchev–Trinajstić information content (AvgIpc) is 2.98. The number of hydrogen-bond acceptors (Lipinski definition) is 5. The molecule has 1 amide bonds. The quantitative estimate of drug-likeness (QED) is 0.562. The van der Waals surface area contributed by atoms with Crippen LogP contribution in [0.2, 0.25) is 5.02 Å². The molecule has 0 aliphatic rings. The summed E-state index contributed by atoms with van der Waals surface area (Å²) in [6, 6.07) is 8.87. The molecule has 24 heavy (non-hydrogen) atoms. The lowest BCUT2D eigenvalue weighted by atomic mass is 10.1. The maximum atomic E-state index is 12.4. The van der Waals surface area contributed by atoms with Gasteiger partial charge in [0.2, 0.25) is 0 Å². The normalized spacial score (nSPS) is 10.6. The molecule has 0 saturated carbocycles. The predicted octanol–water partition coefficient (Wildman–Crippen LogP) is 4.26. The molecule has 0 spiro atoms. The van der Waals surface area contributed by atoms with E-state index < -0.39 is 10.8 Å². The smallest absolute Gasteiger partial charge is 0.270 e. The summed E-state index contributed by atoms with van der Waals surface area (Å²) in [5.41, 5.74) is 0.926. The number of nitro groups is 1. The molecule has 0 unspecified atom stereocenters. The van der Waals surface area contributed by atoms with Crippen molar-refractivity contribution in [2.75, 3.05) is 12.4 Å². The van der Waals surface area contributed by atoms with Crippen LogP contribution in [0.1, 0.15) is 10.4 Å². The van der Waals surface area contributed by atoms with Crippen molar-refractivity contribution >= 4 is 39.9 Å². The van der Waals surface area contributed by atoms with Crippen LogP contribution < -0.4 is 10.1 Å². The largest absolute Gasteiger partial charge is 0.495 e. The first kappa shape index (κ1) is 15.8. The SMILES string of the molecule is COc1ccc(NC(=O)c2coc3ccc([N+](=O)[O-])cc23)cc1Cl. The standard InChI is InChI=1S/C16H11ClN2O5/c1-23-15-4-2-9(6-13(15)17)18-16(20)12-8-24-14-5-3-10(19(21)22)7-11(12)14/h2-8H,1H3,(H,18,20).